The van der Waals surface area contributed by atoms with Gasteiger partial charge in [-0.25, -0.2) is 8.42 Å². The predicted octanol–water partition coefficient (Wildman–Crippen LogP) is 1.38. The number of piperidine rings is 1. The zero-order valence-electron chi connectivity index (χ0n) is 16.2. The highest BCUT2D eigenvalue weighted by atomic mass is 32.2. The van der Waals surface area contributed by atoms with Gasteiger partial charge in [-0.15, -0.1) is 0 Å². The van der Waals surface area contributed by atoms with Crippen LogP contribution >= 0.6 is 0 Å². The number of carbonyl (C=O) groups is 1. The van der Waals surface area contributed by atoms with Gasteiger partial charge in [0.05, 0.1) is 42.4 Å². The minimum absolute atomic E-state index is 0.183. The lowest BCUT2D eigenvalue weighted by atomic mass is 9.95. The number of ether oxygens (including phenoxy) is 1. The topological polar surface area (TPSA) is 104 Å². The van der Waals surface area contributed by atoms with Gasteiger partial charge in [-0.05, 0) is 5.56 Å². The van der Waals surface area contributed by atoms with Crippen molar-refractivity contribution in [3.63, 3.8) is 0 Å². The summed E-state index contributed by atoms with van der Waals surface area (Å²) >= 11 is 0. The monoisotopic (exact) mass is 411 g/mol. The molecule has 8 heteroatoms. The SMILES string of the molecule is C[N+]1(CCCS(=O)(=O)[O-])[C@@H]2CC[C@H]1CC(OC(=O)C(CO)c1ccccc1)C2. The summed E-state index contributed by atoms with van der Waals surface area (Å²) in [5.74, 6) is -1.40. The molecule has 2 heterocycles. The molecule has 7 nitrogen and oxygen atoms in total. The van der Waals surface area contributed by atoms with Gasteiger partial charge in [0, 0.05) is 37.9 Å². The van der Waals surface area contributed by atoms with Crippen molar-refractivity contribution in [2.24, 2.45) is 0 Å². The van der Waals surface area contributed by atoms with Crippen molar-refractivity contribution in [2.45, 2.75) is 56.2 Å². The van der Waals surface area contributed by atoms with E-state index in [0.717, 1.165) is 35.7 Å². The molecule has 2 bridgehead atoms. The molecular weight excluding hydrogens is 382 g/mol. The molecule has 2 fully saturated rings. The third kappa shape index (κ3) is 4.74. The molecule has 2 aliphatic rings. The lowest BCUT2D eigenvalue weighted by Gasteiger charge is -2.47. The molecular formula is C20H29NO6S. The molecule has 0 saturated carbocycles. The average molecular weight is 412 g/mol. The van der Waals surface area contributed by atoms with Crippen LogP contribution in [0, 0.1) is 0 Å². The second kappa shape index (κ2) is 8.49. The fourth-order valence-corrected chi connectivity index (χ4v) is 5.47. The van der Waals surface area contributed by atoms with Gasteiger partial charge in [0.15, 0.2) is 0 Å². The molecule has 156 valence electrons. The molecule has 1 N–H and O–H groups in total. The first-order chi connectivity index (χ1) is 13.2. The number of esters is 1. The standard InChI is InChI=1S/C20H29NO6S/c1-21(10-5-11-28(24,25)26)16-8-9-17(21)13-18(12-16)27-20(23)19(14-22)15-6-3-2-4-7-15/h2-4,6-7,16-19,22H,5,8-14H2,1H3/t16-,17+,18?,19?,21?. The Labute approximate surface area is 166 Å². The third-order valence-electron chi connectivity index (χ3n) is 6.56. The first kappa shape index (κ1) is 21.2. The van der Waals surface area contributed by atoms with Crippen LogP contribution in [0.5, 0.6) is 0 Å². The maximum Gasteiger partial charge on any atom is 0.316 e. The van der Waals surface area contributed by atoms with Gasteiger partial charge in [-0.1, -0.05) is 30.3 Å². The van der Waals surface area contributed by atoms with E-state index in [1.807, 2.05) is 30.3 Å². The smallest absolute Gasteiger partial charge is 0.316 e. The quantitative estimate of drug-likeness (QED) is 0.394. The van der Waals surface area contributed by atoms with Crippen LogP contribution in [0.15, 0.2) is 30.3 Å². The van der Waals surface area contributed by atoms with Crippen molar-refractivity contribution >= 4 is 16.1 Å². The molecule has 0 aromatic heterocycles. The van der Waals surface area contributed by atoms with Gasteiger partial charge in [-0.2, -0.15) is 0 Å². The van der Waals surface area contributed by atoms with Crippen molar-refractivity contribution in [3.05, 3.63) is 35.9 Å². The number of hydrogen-bond donors (Lipinski definition) is 1. The zero-order valence-corrected chi connectivity index (χ0v) is 17.0. The van der Waals surface area contributed by atoms with Crippen LogP contribution in [0.2, 0.25) is 0 Å². The lowest BCUT2D eigenvalue weighted by molar-refractivity contribution is -0.949. The second-order valence-corrected chi connectivity index (χ2v) is 9.77. The van der Waals surface area contributed by atoms with Gasteiger partial charge in [0.2, 0.25) is 0 Å². The van der Waals surface area contributed by atoms with E-state index in [1.165, 1.54) is 0 Å². The highest BCUT2D eigenvalue weighted by molar-refractivity contribution is 7.85. The Kier molecular flexibility index (Phi) is 6.44. The molecule has 2 aliphatic heterocycles. The minimum Gasteiger partial charge on any atom is -0.748 e. The van der Waals surface area contributed by atoms with Crippen LogP contribution < -0.4 is 0 Å². The largest absolute Gasteiger partial charge is 0.748 e. The van der Waals surface area contributed by atoms with E-state index in [2.05, 4.69) is 7.05 Å². The van der Waals surface area contributed by atoms with E-state index in [1.54, 1.807) is 0 Å². The molecule has 5 atom stereocenters. The van der Waals surface area contributed by atoms with Crippen molar-refractivity contribution in [1.29, 1.82) is 0 Å². The maximum absolute atomic E-state index is 12.6. The van der Waals surface area contributed by atoms with Crippen LogP contribution in [0.1, 0.15) is 43.6 Å². The number of nitrogens with zero attached hydrogens (tertiary/aromatic N) is 1. The van der Waals surface area contributed by atoms with Gasteiger partial charge < -0.3 is 18.9 Å². The fraction of sp³-hybridized carbons (Fsp3) is 0.650. The second-order valence-electron chi connectivity index (χ2n) is 8.25. The first-order valence-electron chi connectivity index (χ1n) is 9.87. The van der Waals surface area contributed by atoms with Gasteiger partial charge in [0.1, 0.15) is 12.0 Å². The highest BCUT2D eigenvalue weighted by Gasteiger charge is 2.52. The summed E-state index contributed by atoms with van der Waals surface area (Å²) in [5.41, 5.74) is 0.744. The molecule has 0 spiro atoms. The number of hydrogen-bond acceptors (Lipinski definition) is 6. The Morgan fingerprint density at radius 2 is 1.86 bits per heavy atom. The summed E-state index contributed by atoms with van der Waals surface area (Å²) in [7, 11) is -2.06. The first-order valence-corrected chi connectivity index (χ1v) is 11.5. The van der Waals surface area contributed by atoms with Crippen LogP contribution in [0.3, 0.4) is 0 Å². The van der Waals surface area contributed by atoms with Crippen LogP contribution in [0.4, 0.5) is 0 Å². The summed E-state index contributed by atoms with van der Waals surface area (Å²) in [6.07, 6.45) is 3.67. The molecule has 0 aliphatic carbocycles. The fourth-order valence-electron chi connectivity index (χ4n) is 4.98. The summed E-state index contributed by atoms with van der Waals surface area (Å²) in [4.78, 5) is 12.6. The van der Waals surface area contributed by atoms with E-state index < -0.39 is 22.0 Å². The Balaban J connectivity index is 1.60. The number of aliphatic hydroxyl groups is 1. The van der Waals surface area contributed by atoms with E-state index in [-0.39, 0.29) is 18.5 Å². The van der Waals surface area contributed by atoms with Crippen molar-refractivity contribution in [1.82, 2.24) is 0 Å². The van der Waals surface area contributed by atoms with Gasteiger partial charge >= 0.3 is 5.97 Å². The summed E-state index contributed by atoms with van der Waals surface area (Å²) in [6.45, 7) is 0.362. The molecule has 0 radical (unpaired) electrons. The number of quaternary nitrogens is 1. The average Bonchev–Trinajstić information content (AvgIpc) is 2.80. The summed E-state index contributed by atoms with van der Waals surface area (Å²) in [5, 5.41) is 9.66. The van der Waals surface area contributed by atoms with Gasteiger partial charge in [-0.3, -0.25) is 4.79 Å². The van der Waals surface area contributed by atoms with Crippen molar-refractivity contribution in [3.8, 4) is 0 Å². The molecule has 2 saturated heterocycles. The molecule has 0 amide bonds. The Morgan fingerprint density at radius 1 is 1.25 bits per heavy atom. The van der Waals surface area contributed by atoms with Crippen molar-refractivity contribution in [2.75, 3.05) is 26.0 Å². The normalized spacial score (nSPS) is 30.8. The number of rotatable bonds is 8. The Hall–Kier alpha value is -1.48. The summed E-state index contributed by atoms with van der Waals surface area (Å²) < 4.78 is 39.2. The Morgan fingerprint density at radius 3 is 2.39 bits per heavy atom. The minimum atomic E-state index is -4.18. The van der Waals surface area contributed by atoms with E-state index in [9.17, 15) is 22.9 Å². The molecule has 1 aromatic carbocycles. The number of benzene rings is 1. The van der Waals surface area contributed by atoms with E-state index >= 15 is 0 Å². The number of fused-ring (bicyclic) bond motifs is 2. The van der Waals surface area contributed by atoms with E-state index in [4.69, 9.17) is 4.74 Å². The Bertz CT molecular complexity index is 767. The third-order valence-corrected chi connectivity index (χ3v) is 7.35. The van der Waals surface area contributed by atoms with Crippen LogP contribution in [-0.4, -0.2) is 72.7 Å². The molecule has 28 heavy (non-hydrogen) atoms. The number of aliphatic hydroxyl groups excluding tert-OH is 1. The number of carbonyl (C=O) groups excluding carboxylic acids is 1. The maximum atomic E-state index is 12.6. The molecule has 3 unspecified atom stereocenters. The van der Waals surface area contributed by atoms with Crippen LogP contribution in [-0.2, 0) is 19.6 Å². The van der Waals surface area contributed by atoms with Crippen LogP contribution in [0.25, 0.3) is 0 Å². The zero-order chi connectivity index (χ0) is 20.4. The highest BCUT2D eigenvalue weighted by Crippen LogP contribution is 2.42. The molecule has 3 rings (SSSR count). The van der Waals surface area contributed by atoms with Crippen molar-refractivity contribution < 1.29 is 32.1 Å². The summed E-state index contributed by atoms with van der Waals surface area (Å²) in [6, 6.07) is 9.74. The predicted molar refractivity (Wildman–Crippen MR) is 102 cm³/mol. The molecule has 1 aromatic rings. The van der Waals surface area contributed by atoms with Gasteiger partial charge in [0.25, 0.3) is 0 Å². The lowest BCUT2D eigenvalue weighted by Crippen LogP contribution is -2.59. The van der Waals surface area contributed by atoms with E-state index in [0.29, 0.717) is 25.0 Å².